The Bertz CT molecular complexity index is 196. The molecule has 0 bridgehead atoms. The summed E-state index contributed by atoms with van der Waals surface area (Å²) < 4.78 is 6.07. The molecule has 1 nitrogen and oxygen atoms in total. The van der Waals surface area contributed by atoms with E-state index in [2.05, 4.69) is 50.5 Å². The Balaban J connectivity index is 2.53. The fraction of sp³-hybridized carbons (Fsp3) is 1.00. The topological polar surface area (TPSA) is 9.23 Å². The van der Waals surface area contributed by atoms with Crippen molar-refractivity contribution in [3.8, 4) is 0 Å². The summed E-state index contributed by atoms with van der Waals surface area (Å²) in [4.78, 5) is 0.627. The van der Waals surface area contributed by atoms with Crippen LogP contribution in [0, 0.1) is 5.92 Å². The Morgan fingerprint density at radius 2 is 1.93 bits per heavy atom. The van der Waals surface area contributed by atoms with Gasteiger partial charge in [-0.3, -0.25) is 0 Å². The van der Waals surface area contributed by atoms with E-state index in [9.17, 15) is 0 Å². The Hall–Kier alpha value is 0.440. The number of hydrogen-bond acceptors (Lipinski definition) is 1. The van der Waals surface area contributed by atoms with Gasteiger partial charge in [0, 0.05) is 4.83 Å². The van der Waals surface area contributed by atoms with Gasteiger partial charge in [-0.15, -0.1) is 0 Å². The van der Waals surface area contributed by atoms with Gasteiger partial charge in [0.15, 0.2) is 0 Å². The van der Waals surface area contributed by atoms with Crippen molar-refractivity contribution < 1.29 is 4.74 Å². The standard InChI is InChI=1S/C12H23BrO/c1-9(13)6-7-10-8-11(2,3)14-12(10,4)5/h9-10H,6-8H2,1-5H3. The number of alkyl halides is 1. The van der Waals surface area contributed by atoms with Crippen LogP contribution in [0.15, 0.2) is 0 Å². The number of rotatable bonds is 3. The maximum Gasteiger partial charge on any atom is 0.0662 e. The molecule has 0 aromatic rings. The van der Waals surface area contributed by atoms with Crippen molar-refractivity contribution in [1.29, 1.82) is 0 Å². The normalized spacial score (nSPS) is 31.7. The van der Waals surface area contributed by atoms with Crippen molar-refractivity contribution in [3.63, 3.8) is 0 Å². The molecule has 2 heteroatoms. The van der Waals surface area contributed by atoms with Gasteiger partial charge < -0.3 is 4.74 Å². The first-order valence-corrected chi connectivity index (χ1v) is 6.49. The van der Waals surface area contributed by atoms with E-state index in [1.807, 2.05) is 0 Å². The highest BCUT2D eigenvalue weighted by atomic mass is 79.9. The third-order valence-corrected chi connectivity index (χ3v) is 3.63. The molecule has 0 N–H and O–H groups in total. The minimum atomic E-state index is 0.0609. The molecular weight excluding hydrogens is 240 g/mol. The summed E-state index contributed by atoms with van der Waals surface area (Å²) in [5.41, 5.74) is 0.134. The summed E-state index contributed by atoms with van der Waals surface area (Å²) >= 11 is 3.61. The Labute approximate surface area is 96.7 Å². The van der Waals surface area contributed by atoms with Crippen molar-refractivity contribution in [2.45, 2.75) is 69.9 Å². The van der Waals surface area contributed by atoms with E-state index in [1.165, 1.54) is 19.3 Å². The smallest absolute Gasteiger partial charge is 0.0662 e. The third-order valence-electron chi connectivity index (χ3n) is 3.17. The fourth-order valence-corrected chi connectivity index (χ4v) is 2.82. The highest BCUT2D eigenvalue weighted by Gasteiger charge is 2.45. The van der Waals surface area contributed by atoms with Gasteiger partial charge in [0.1, 0.15) is 0 Å². The molecule has 0 aromatic heterocycles. The zero-order valence-corrected chi connectivity index (χ0v) is 11.6. The van der Waals surface area contributed by atoms with Gasteiger partial charge in [0.25, 0.3) is 0 Å². The van der Waals surface area contributed by atoms with E-state index in [0.29, 0.717) is 10.7 Å². The Kier molecular flexibility index (Phi) is 3.69. The number of hydrogen-bond donors (Lipinski definition) is 0. The lowest BCUT2D eigenvalue weighted by Crippen LogP contribution is -2.29. The van der Waals surface area contributed by atoms with Crippen molar-refractivity contribution in [2.75, 3.05) is 0 Å². The maximum absolute atomic E-state index is 6.07. The van der Waals surface area contributed by atoms with Crippen LogP contribution in [0.2, 0.25) is 0 Å². The van der Waals surface area contributed by atoms with Gasteiger partial charge in [0.05, 0.1) is 11.2 Å². The van der Waals surface area contributed by atoms with E-state index in [4.69, 9.17) is 4.74 Å². The second-order valence-electron chi connectivity index (χ2n) is 5.72. The first-order valence-electron chi connectivity index (χ1n) is 5.57. The fourth-order valence-electron chi connectivity index (χ4n) is 2.56. The monoisotopic (exact) mass is 262 g/mol. The summed E-state index contributed by atoms with van der Waals surface area (Å²) in [6.07, 6.45) is 3.70. The molecule has 1 rings (SSSR count). The van der Waals surface area contributed by atoms with Crippen molar-refractivity contribution in [2.24, 2.45) is 5.92 Å². The second kappa shape index (κ2) is 4.13. The van der Waals surface area contributed by atoms with Gasteiger partial charge in [0.2, 0.25) is 0 Å². The maximum atomic E-state index is 6.07. The van der Waals surface area contributed by atoms with Gasteiger partial charge in [-0.05, 0) is 52.9 Å². The van der Waals surface area contributed by atoms with Gasteiger partial charge >= 0.3 is 0 Å². The third kappa shape index (κ3) is 3.23. The largest absolute Gasteiger partial charge is 0.369 e. The first kappa shape index (κ1) is 12.5. The highest BCUT2D eigenvalue weighted by molar-refractivity contribution is 9.09. The van der Waals surface area contributed by atoms with Crippen molar-refractivity contribution >= 4 is 15.9 Å². The predicted molar refractivity (Wildman–Crippen MR) is 65.0 cm³/mol. The zero-order valence-electron chi connectivity index (χ0n) is 10.1. The van der Waals surface area contributed by atoms with Crippen LogP contribution in [-0.4, -0.2) is 16.0 Å². The molecule has 0 aromatic carbocycles. The molecule has 1 heterocycles. The molecule has 2 unspecified atom stereocenters. The van der Waals surface area contributed by atoms with Crippen LogP contribution in [-0.2, 0) is 4.74 Å². The van der Waals surface area contributed by atoms with Gasteiger partial charge in [-0.1, -0.05) is 22.9 Å². The van der Waals surface area contributed by atoms with Crippen molar-refractivity contribution in [1.82, 2.24) is 0 Å². The van der Waals surface area contributed by atoms with E-state index >= 15 is 0 Å². The quantitative estimate of drug-likeness (QED) is 0.695. The molecule has 1 aliphatic heterocycles. The Morgan fingerprint density at radius 1 is 1.36 bits per heavy atom. The van der Waals surface area contributed by atoms with Crippen LogP contribution in [0.3, 0.4) is 0 Å². The average Bonchev–Trinajstić information content (AvgIpc) is 2.14. The molecular formula is C12H23BrO. The van der Waals surface area contributed by atoms with E-state index in [0.717, 1.165) is 0 Å². The number of halogens is 1. The summed E-state index contributed by atoms with van der Waals surface area (Å²) in [6, 6.07) is 0. The minimum absolute atomic E-state index is 0.0609. The molecule has 2 atom stereocenters. The minimum Gasteiger partial charge on any atom is -0.369 e. The molecule has 1 fully saturated rings. The first-order chi connectivity index (χ1) is 6.23. The van der Waals surface area contributed by atoms with Crippen LogP contribution in [0.5, 0.6) is 0 Å². The molecule has 1 aliphatic rings. The summed E-state index contributed by atoms with van der Waals surface area (Å²) in [5, 5.41) is 0. The average molecular weight is 263 g/mol. The lowest BCUT2D eigenvalue weighted by molar-refractivity contribution is -0.0752. The molecule has 0 aliphatic carbocycles. The summed E-state index contributed by atoms with van der Waals surface area (Å²) in [5.74, 6) is 0.706. The van der Waals surface area contributed by atoms with E-state index < -0.39 is 0 Å². The summed E-state index contributed by atoms with van der Waals surface area (Å²) in [7, 11) is 0. The molecule has 0 radical (unpaired) electrons. The second-order valence-corrected chi connectivity index (χ2v) is 7.29. The highest BCUT2D eigenvalue weighted by Crippen LogP contribution is 2.44. The summed E-state index contributed by atoms with van der Waals surface area (Å²) in [6.45, 7) is 11.1. The van der Waals surface area contributed by atoms with Gasteiger partial charge in [-0.2, -0.15) is 0 Å². The molecule has 84 valence electrons. The Morgan fingerprint density at radius 3 is 2.29 bits per heavy atom. The zero-order chi connectivity index (χ0) is 11.0. The van der Waals surface area contributed by atoms with E-state index in [-0.39, 0.29) is 11.2 Å². The lowest BCUT2D eigenvalue weighted by atomic mass is 9.84. The molecule has 14 heavy (non-hydrogen) atoms. The van der Waals surface area contributed by atoms with E-state index in [1.54, 1.807) is 0 Å². The number of ether oxygens (including phenoxy) is 1. The lowest BCUT2D eigenvalue weighted by Gasteiger charge is -2.27. The van der Waals surface area contributed by atoms with Crippen LogP contribution >= 0.6 is 15.9 Å². The molecule has 0 spiro atoms. The molecule has 1 saturated heterocycles. The van der Waals surface area contributed by atoms with Crippen molar-refractivity contribution in [3.05, 3.63) is 0 Å². The van der Waals surface area contributed by atoms with Crippen LogP contribution < -0.4 is 0 Å². The van der Waals surface area contributed by atoms with Crippen LogP contribution in [0.1, 0.15) is 53.9 Å². The SMILES string of the molecule is CC(Br)CCC1CC(C)(C)OC1(C)C. The molecule has 0 amide bonds. The molecule has 0 saturated carbocycles. The van der Waals surface area contributed by atoms with Crippen LogP contribution in [0.25, 0.3) is 0 Å². The van der Waals surface area contributed by atoms with Crippen LogP contribution in [0.4, 0.5) is 0 Å². The van der Waals surface area contributed by atoms with Gasteiger partial charge in [-0.25, -0.2) is 0 Å². The predicted octanol–water partition coefficient (Wildman–Crippen LogP) is 4.14.